The fraction of sp³-hybridized carbons (Fsp3) is 0.400. The van der Waals surface area contributed by atoms with Crippen molar-refractivity contribution in [2.45, 2.75) is 40.2 Å². The predicted molar refractivity (Wildman–Crippen MR) is 106 cm³/mol. The fourth-order valence-corrected chi connectivity index (χ4v) is 3.70. The van der Waals surface area contributed by atoms with Gasteiger partial charge in [0, 0.05) is 19.3 Å². The molecule has 2 amide bonds. The molecule has 1 aromatic carbocycles. The normalized spacial score (nSPS) is 13.5. The first-order chi connectivity index (χ1) is 12.4. The molecule has 1 aromatic heterocycles. The molecular weight excluding hydrogens is 350 g/mol. The third-order valence-electron chi connectivity index (χ3n) is 5.11. The highest BCUT2D eigenvalue weighted by molar-refractivity contribution is 6.31. The molecule has 0 saturated carbocycles. The number of aromatic nitrogens is 1. The molecule has 0 unspecified atom stereocenters. The first kappa shape index (κ1) is 18.5. The van der Waals surface area contributed by atoms with E-state index >= 15 is 0 Å². The zero-order chi connectivity index (χ0) is 19.0. The topological polar surface area (TPSA) is 45.6 Å². The number of amides is 2. The third-order valence-corrected chi connectivity index (χ3v) is 5.34. The third kappa shape index (κ3) is 2.71. The summed E-state index contributed by atoms with van der Waals surface area (Å²) in [7, 11) is 1.75. The maximum Gasteiger partial charge on any atom is 0.276 e. The molecule has 1 aliphatic rings. The van der Waals surface area contributed by atoms with Crippen LogP contribution < -0.4 is 9.80 Å². The van der Waals surface area contributed by atoms with Crippen LogP contribution in [0.5, 0.6) is 0 Å². The van der Waals surface area contributed by atoms with Crippen LogP contribution in [0.2, 0.25) is 0 Å². The lowest BCUT2D eigenvalue weighted by atomic mass is 10.1. The Bertz CT molecular complexity index is 872. The van der Waals surface area contributed by atoms with Gasteiger partial charge in [-0.25, -0.2) is 0 Å². The summed E-state index contributed by atoms with van der Waals surface area (Å²) in [5.74, 6) is -0.492. The molecule has 138 valence electrons. The molecule has 2 aromatic rings. The first-order valence-corrected chi connectivity index (χ1v) is 9.43. The molecule has 0 fully saturated rings. The highest BCUT2D eigenvalue weighted by atomic mass is 35.5. The standard InChI is InChI=1S/C20H24ClN3O2/c1-5-6-11-23-14(3)13(2)18-19(23)20(26)22(4)15-9-7-8-10-16(15)24(18)17(25)12-21/h7-10H,5-6,11-12H2,1-4H3. The minimum atomic E-state index is -0.237. The number of anilines is 3. The lowest BCUT2D eigenvalue weighted by Gasteiger charge is -2.24. The van der Waals surface area contributed by atoms with Gasteiger partial charge in [-0.15, -0.1) is 11.6 Å². The molecule has 6 heteroatoms. The quantitative estimate of drug-likeness (QED) is 0.746. The smallest absolute Gasteiger partial charge is 0.276 e. The molecule has 5 nitrogen and oxygen atoms in total. The molecular formula is C20H24ClN3O2. The van der Waals surface area contributed by atoms with E-state index in [9.17, 15) is 9.59 Å². The van der Waals surface area contributed by atoms with E-state index in [0.29, 0.717) is 22.8 Å². The van der Waals surface area contributed by atoms with Gasteiger partial charge in [-0.1, -0.05) is 25.5 Å². The summed E-state index contributed by atoms with van der Waals surface area (Å²) >= 11 is 5.93. The Hall–Kier alpha value is -2.27. The molecule has 26 heavy (non-hydrogen) atoms. The van der Waals surface area contributed by atoms with Gasteiger partial charge in [-0.3, -0.25) is 14.5 Å². The van der Waals surface area contributed by atoms with E-state index in [0.717, 1.165) is 30.6 Å². The number of fused-ring (bicyclic) bond motifs is 2. The first-order valence-electron chi connectivity index (χ1n) is 8.89. The van der Waals surface area contributed by atoms with E-state index in [4.69, 9.17) is 11.6 Å². The fourth-order valence-electron chi connectivity index (χ4n) is 3.58. The van der Waals surface area contributed by atoms with E-state index in [1.54, 1.807) is 16.8 Å². The van der Waals surface area contributed by atoms with Crippen molar-refractivity contribution in [3.05, 3.63) is 41.2 Å². The van der Waals surface area contributed by atoms with E-state index in [2.05, 4.69) is 6.92 Å². The number of carbonyl (C=O) groups excluding carboxylic acids is 2. The van der Waals surface area contributed by atoms with E-state index < -0.39 is 0 Å². The van der Waals surface area contributed by atoms with Crippen LogP contribution in [0.25, 0.3) is 0 Å². The van der Waals surface area contributed by atoms with Crippen molar-refractivity contribution >= 4 is 40.5 Å². The van der Waals surface area contributed by atoms with Crippen LogP contribution in [0.4, 0.5) is 17.1 Å². The number of carbonyl (C=O) groups is 2. The van der Waals surface area contributed by atoms with Gasteiger partial charge in [0.2, 0.25) is 5.91 Å². The zero-order valence-electron chi connectivity index (χ0n) is 15.7. The van der Waals surface area contributed by atoms with Crippen LogP contribution >= 0.6 is 11.6 Å². The van der Waals surface area contributed by atoms with Crippen LogP contribution in [-0.4, -0.2) is 29.3 Å². The van der Waals surface area contributed by atoms with Crippen molar-refractivity contribution in [3.63, 3.8) is 0 Å². The van der Waals surface area contributed by atoms with Crippen molar-refractivity contribution in [1.82, 2.24) is 4.57 Å². The van der Waals surface area contributed by atoms with Crippen LogP contribution in [-0.2, 0) is 11.3 Å². The number of hydrogen-bond donors (Lipinski definition) is 0. The number of hydrogen-bond acceptors (Lipinski definition) is 2. The molecule has 0 N–H and O–H groups in total. The SMILES string of the molecule is CCCCn1c(C)c(C)c2c1C(=O)N(C)c1ccccc1N2C(=O)CCl. The summed E-state index contributed by atoms with van der Waals surface area (Å²) in [4.78, 5) is 29.4. The number of nitrogens with zero attached hydrogens (tertiary/aromatic N) is 3. The molecule has 3 rings (SSSR count). The van der Waals surface area contributed by atoms with Crippen LogP contribution in [0.1, 0.15) is 41.5 Å². The molecule has 0 bridgehead atoms. The predicted octanol–water partition coefficient (Wildman–Crippen LogP) is 4.40. The summed E-state index contributed by atoms with van der Waals surface area (Å²) in [6.45, 7) is 6.84. The molecule has 1 aliphatic heterocycles. The van der Waals surface area contributed by atoms with Crippen LogP contribution in [0, 0.1) is 13.8 Å². The van der Waals surface area contributed by atoms with E-state index in [-0.39, 0.29) is 17.7 Å². The second-order valence-corrected chi connectivity index (χ2v) is 6.90. The highest BCUT2D eigenvalue weighted by Gasteiger charge is 2.37. The Morgan fingerprint density at radius 1 is 1.15 bits per heavy atom. The Morgan fingerprint density at radius 2 is 1.81 bits per heavy atom. The van der Waals surface area contributed by atoms with Crippen LogP contribution in [0.3, 0.4) is 0 Å². The molecule has 0 radical (unpaired) electrons. The Kier molecular flexibility index (Phi) is 5.10. The zero-order valence-corrected chi connectivity index (χ0v) is 16.4. The van der Waals surface area contributed by atoms with Crippen LogP contribution in [0.15, 0.2) is 24.3 Å². The largest absolute Gasteiger partial charge is 0.339 e. The number of unbranched alkanes of at least 4 members (excludes halogenated alkanes) is 1. The van der Waals surface area contributed by atoms with Gasteiger partial charge in [0.25, 0.3) is 5.91 Å². The molecule has 0 saturated heterocycles. The average Bonchev–Trinajstić information content (AvgIpc) is 2.84. The summed E-state index contributed by atoms with van der Waals surface area (Å²) < 4.78 is 2.05. The lowest BCUT2D eigenvalue weighted by Crippen LogP contribution is -2.28. The monoisotopic (exact) mass is 373 g/mol. The molecule has 0 atom stereocenters. The second kappa shape index (κ2) is 7.16. The van der Waals surface area contributed by atoms with Gasteiger partial charge in [0.1, 0.15) is 11.6 Å². The maximum absolute atomic E-state index is 13.3. The number of rotatable bonds is 4. The Balaban J connectivity index is 2.35. The van der Waals surface area contributed by atoms with Crippen molar-refractivity contribution < 1.29 is 9.59 Å². The number of alkyl halides is 1. The summed E-state index contributed by atoms with van der Waals surface area (Å²) in [5.41, 5.74) is 4.55. The van der Waals surface area contributed by atoms with E-state index in [1.165, 1.54) is 0 Å². The van der Waals surface area contributed by atoms with Gasteiger partial charge < -0.3 is 9.47 Å². The van der Waals surface area contributed by atoms with Gasteiger partial charge >= 0.3 is 0 Å². The van der Waals surface area contributed by atoms with Gasteiger partial charge in [-0.2, -0.15) is 0 Å². The molecule has 0 aliphatic carbocycles. The van der Waals surface area contributed by atoms with Gasteiger partial charge in [-0.05, 0) is 38.0 Å². The lowest BCUT2D eigenvalue weighted by molar-refractivity contribution is -0.115. The van der Waals surface area contributed by atoms with Crippen molar-refractivity contribution in [2.24, 2.45) is 0 Å². The summed E-state index contributed by atoms with van der Waals surface area (Å²) in [5, 5.41) is 0. The van der Waals surface area contributed by atoms with Gasteiger partial charge in [0.15, 0.2) is 0 Å². The minimum Gasteiger partial charge on any atom is -0.339 e. The Labute approximate surface area is 159 Å². The van der Waals surface area contributed by atoms with Crippen molar-refractivity contribution in [3.8, 4) is 0 Å². The van der Waals surface area contributed by atoms with Crippen molar-refractivity contribution in [1.29, 1.82) is 0 Å². The molecule has 2 heterocycles. The van der Waals surface area contributed by atoms with Gasteiger partial charge in [0.05, 0.1) is 17.1 Å². The maximum atomic E-state index is 13.3. The highest BCUT2D eigenvalue weighted by Crippen LogP contribution is 2.43. The number of halogens is 1. The number of benzene rings is 1. The second-order valence-electron chi connectivity index (χ2n) is 6.63. The van der Waals surface area contributed by atoms with Crippen molar-refractivity contribution in [2.75, 3.05) is 22.7 Å². The summed E-state index contributed by atoms with van der Waals surface area (Å²) in [6.07, 6.45) is 1.99. The average molecular weight is 374 g/mol. The minimum absolute atomic E-state index is 0.107. The Morgan fingerprint density at radius 3 is 2.42 bits per heavy atom. The number of para-hydroxylation sites is 2. The summed E-state index contributed by atoms with van der Waals surface area (Å²) in [6, 6.07) is 7.45. The molecule has 0 spiro atoms. The van der Waals surface area contributed by atoms with E-state index in [1.807, 2.05) is 42.7 Å².